The summed E-state index contributed by atoms with van der Waals surface area (Å²) in [6.45, 7) is 1.96. The minimum Gasteiger partial charge on any atom is -0.486 e. The van der Waals surface area contributed by atoms with Crippen LogP contribution in [0.2, 0.25) is 0 Å². The molecule has 1 aliphatic rings. The number of rotatable bonds is 5. The number of aryl methyl sites for hydroxylation is 1. The molecule has 21 heavy (non-hydrogen) atoms. The van der Waals surface area contributed by atoms with Crippen molar-refractivity contribution in [2.75, 3.05) is 18.5 Å². The predicted molar refractivity (Wildman–Crippen MR) is 79.7 cm³/mol. The van der Waals surface area contributed by atoms with Gasteiger partial charge in [0, 0.05) is 37.1 Å². The zero-order chi connectivity index (χ0) is 14.5. The molecule has 110 valence electrons. The highest BCUT2D eigenvalue weighted by Gasteiger charge is 2.12. The second kappa shape index (κ2) is 6.35. The van der Waals surface area contributed by atoms with Gasteiger partial charge in [-0.25, -0.2) is 0 Å². The standard InChI is InChI=1S/C16H18N2O3/c19-16(4-3-9-18-7-1-2-8-18)17-13-5-6-14-15(12-13)21-11-10-20-14/h1-2,5-8,12H,3-4,9-11H2,(H,17,19). The molecule has 1 aromatic heterocycles. The molecule has 2 heterocycles. The van der Waals surface area contributed by atoms with Gasteiger partial charge in [0.05, 0.1) is 0 Å². The van der Waals surface area contributed by atoms with Crippen molar-refractivity contribution in [3.63, 3.8) is 0 Å². The number of hydrogen-bond acceptors (Lipinski definition) is 3. The molecule has 0 spiro atoms. The largest absolute Gasteiger partial charge is 0.486 e. The number of nitrogens with zero attached hydrogens (tertiary/aromatic N) is 1. The van der Waals surface area contributed by atoms with Crippen LogP contribution in [0.5, 0.6) is 11.5 Å². The van der Waals surface area contributed by atoms with Crippen molar-refractivity contribution in [1.29, 1.82) is 0 Å². The number of nitrogens with one attached hydrogen (secondary N) is 1. The fourth-order valence-electron chi connectivity index (χ4n) is 2.29. The predicted octanol–water partition coefficient (Wildman–Crippen LogP) is 2.68. The lowest BCUT2D eigenvalue weighted by molar-refractivity contribution is -0.116. The van der Waals surface area contributed by atoms with E-state index in [0.29, 0.717) is 25.4 Å². The molecule has 0 atom stereocenters. The summed E-state index contributed by atoms with van der Waals surface area (Å²) in [6, 6.07) is 9.42. The van der Waals surface area contributed by atoms with Gasteiger partial charge >= 0.3 is 0 Å². The number of fused-ring (bicyclic) bond motifs is 1. The molecule has 3 rings (SSSR count). The van der Waals surface area contributed by atoms with Crippen LogP contribution in [-0.4, -0.2) is 23.7 Å². The van der Waals surface area contributed by atoms with E-state index >= 15 is 0 Å². The molecule has 2 aromatic rings. The Bertz CT molecular complexity index is 608. The van der Waals surface area contributed by atoms with Crippen molar-refractivity contribution in [2.45, 2.75) is 19.4 Å². The first kappa shape index (κ1) is 13.5. The lowest BCUT2D eigenvalue weighted by Gasteiger charge is -2.19. The summed E-state index contributed by atoms with van der Waals surface area (Å²) < 4.78 is 13.0. The van der Waals surface area contributed by atoms with Crippen LogP contribution in [0.15, 0.2) is 42.7 Å². The van der Waals surface area contributed by atoms with E-state index < -0.39 is 0 Å². The van der Waals surface area contributed by atoms with Crippen LogP contribution in [0.1, 0.15) is 12.8 Å². The normalized spacial score (nSPS) is 13.0. The SMILES string of the molecule is O=C(CCCn1cccc1)Nc1ccc2c(c1)OCCO2. The lowest BCUT2D eigenvalue weighted by Crippen LogP contribution is -2.16. The smallest absolute Gasteiger partial charge is 0.224 e. The summed E-state index contributed by atoms with van der Waals surface area (Å²) in [4.78, 5) is 11.9. The van der Waals surface area contributed by atoms with Crippen LogP contribution in [0.4, 0.5) is 5.69 Å². The first-order valence-electron chi connectivity index (χ1n) is 7.11. The Labute approximate surface area is 123 Å². The highest BCUT2D eigenvalue weighted by atomic mass is 16.6. The van der Waals surface area contributed by atoms with Crippen LogP contribution in [0.3, 0.4) is 0 Å². The Hall–Kier alpha value is -2.43. The fourth-order valence-corrected chi connectivity index (χ4v) is 2.29. The first-order valence-corrected chi connectivity index (χ1v) is 7.11. The molecule has 0 unspecified atom stereocenters. The second-order valence-electron chi connectivity index (χ2n) is 4.93. The van der Waals surface area contributed by atoms with Crippen molar-refractivity contribution < 1.29 is 14.3 Å². The lowest BCUT2D eigenvalue weighted by atomic mass is 10.2. The maximum atomic E-state index is 11.9. The van der Waals surface area contributed by atoms with Gasteiger partial charge in [0.25, 0.3) is 0 Å². The van der Waals surface area contributed by atoms with Gasteiger partial charge in [-0.15, -0.1) is 0 Å². The molecule has 0 radical (unpaired) electrons. The molecular weight excluding hydrogens is 268 g/mol. The molecule has 1 N–H and O–H groups in total. The summed E-state index contributed by atoms with van der Waals surface area (Å²) in [7, 11) is 0. The zero-order valence-electron chi connectivity index (χ0n) is 11.7. The number of carbonyl (C=O) groups excluding carboxylic acids is 1. The first-order chi connectivity index (χ1) is 10.3. The molecule has 1 amide bonds. The van der Waals surface area contributed by atoms with Gasteiger partial charge in [-0.1, -0.05) is 0 Å². The second-order valence-corrected chi connectivity index (χ2v) is 4.93. The molecule has 1 aliphatic heterocycles. The Kier molecular flexibility index (Phi) is 4.09. The number of hydrogen-bond donors (Lipinski definition) is 1. The van der Waals surface area contributed by atoms with E-state index in [9.17, 15) is 4.79 Å². The van der Waals surface area contributed by atoms with E-state index in [1.54, 1.807) is 6.07 Å². The van der Waals surface area contributed by atoms with E-state index in [1.165, 1.54) is 0 Å². The summed E-state index contributed by atoms with van der Waals surface area (Å²) in [5.41, 5.74) is 0.741. The van der Waals surface area contributed by atoms with Crippen LogP contribution in [-0.2, 0) is 11.3 Å². The molecular formula is C16H18N2O3. The minimum absolute atomic E-state index is 0.0128. The van der Waals surface area contributed by atoms with E-state index in [1.807, 2.05) is 36.7 Å². The highest BCUT2D eigenvalue weighted by Crippen LogP contribution is 2.32. The van der Waals surface area contributed by atoms with Gasteiger partial charge < -0.3 is 19.4 Å². The number of ether oxygens (including phenoxy) is 2. The van der Waals surface area contributed by atoms with Crippen molar-refractivity contribution in [3.8, 4) is 11.5 Å². The van der Waals surface area contributed by atoms with E-state index in [2.05, 4.69) is 9.88 Å². The average molecular weight is 286 g/mol. The topological polar surface area (TPSA) is 52.5 Å². The van der Waals surface area contributed by atoms with Gasteiger partial charge in [-0.2, -0.15) is 0 Å². The van der Waals surface area contributed by atoms with E-state index in [-0.39, 0.29) is 5.91 Å². The average Bonchev–Trinajstić information content (AvgIpc) is 3.00. The van der Waals surface area contributed by atoms with Gasteiger partial charge in [-0.3, -0.25) is 4.79 Å². The third-order valence-corrected chi connectivity index (χ3v) is 3.31. The van der Waals surface area contributed by atoms with Crippen LogP contribution in [0, 0.1) is 0 Å². The summed E-state index contributed by atoms with van der Waals surface area (Å²) >= 11 is 0. The molecule has 0 saturated heterocycles. The number of amides is 1. The Morgan fingerprint density at radius 2 is 1.90 bits per heavy atom. The zero-order valence-corrected chi connectivity index (χ0v) is 11.7. The molecule has 5 nitrogen and oxygen atoms in total. The third kappa shape index (κ3) is 3.56. The van der Waals surface area contributed by atoms with Gasteiger partial charge in [0.15, 0.2) is 11.5 Å². The van der Waals surface area contributed by atoms with Crippen molar-refractivity contribution in [1.82, 2.24) is 4.57 Å². The quantitative estimate of drug-likeness (QED) is 0.919. The third-order valence-electron chi connectivity index (χ3n) is 3.31. The Balaban J connectivity index is 1.50. The summed E-state index contributed by atoms with van der Waals surface area (Å²) in [6.07, 6.45) is 5.30. The van der Waals surface area contributed by atoms with Crippen LogP contribution < -0.4 is 14.8 Å². The van der Waals surface area contributed by atoms with Crippen molar-refractivity contribution in [3.05, 3.63) is 42.7 Å². The van der Waals surface area contributed by atoms with Crippen LogP contribution >= 0.6 is 0 Å². The number of benzene rings is 1. The summed E-state index contributed by atoms with van der Waals surface area (Å²) in [5, 5.41) is 2.89. The van der Waals surface area contributed by atoms with Gasteiger partial charge in [-0.05, 0) is 30.7 Å². The van der Waals surface area contributed by atoms with E-state index in [4.69, 9.17) is 9.47 Å². The number of carbonyl (C=O) groups is 1. The Morgan fingerprint density at radius 3 is 2.71 bits per heavy atom. The molecule has 0 bridgehead atoms. The number of anilines is 1. The summed E-state index contributed by atoms with van der Waals surface area (Å²) in [5.74, 6) is 1.43. The maximum absolute atomic E-state index is 11.9. The molecule has 0 aliphatic carbocycles. The van der Waals surface area contributed by atoms with E-state index in [0.717, 1.165) is 24.4 Å². The highest BCUT2D eigenvalue weighted by molar-refractivity contribution is 5.91. The Morgan fingerprint density at radius 1 is 1.14 bits per heavy atom. The van der Waals surface area contributed by atoms with Crippen LogP contribution in [0.25, 0.3) is 0 Å². The molecule has 5 heteroatoms. The molecule has 0 fully saturated rings. The minimum atomic E-state index is 0.0128. The van der Waals surface area contributed by atoms with Gasteiger partial charge in [0.2, 0.25) is 5.91 Å². The monoisotopic (exact) mass is 286 g/mol. The fraction of sp³-hybridized carbons (Fsp3) is 0.312. The maximum Gasteiger partial charge on any atom is 0.224 e. The number of aromatic nitrogens is 1. The molecule has 0 saturated carbocycles. The molecule has 1 aromatic carbocycles. The van der Waals surface area contributed by atoms with Gasteiger partial charge in [0.1, 0.15) is 13.2 Å². The van der Waals surface area contributed by atoms with Crippen molar-refractivity contribution >= 4 is 11.6 Å². The van der Waals surface area contributed by atoms with Crippen molar-refractivity contribution in [2.24, 2.45) is 0 Å².